The van der Waals surface area contributed by atoms with Gasteiger partial charge >= 0.3 is 0 Å². The number of tetrazole rings is 1. The summed E-state index contributed by atoms with van der Waals surface area (Å²) in [5.74, 6) is 1.63. The standard InChI is InChI=1S/C9H12N6/c1-6(7-2-3-7)10-8-4-5-9-11-13-14-15(9)12-8/h4-7H,2-3H2,1H3,(H,10,12). The van der Waals surface area contributed by atoms with Gasteiger partial charge in [0.05, 0.1) is 0 Å². The zero-order valence-corrected chi connectivity index (χ0v) is 8.46. The van der Waals surface area contributed by atoms with E-state index in [0.717, 1.165) is 11.7 Å². The zero-order valence-electron chi connectivity index (χ0n) is 8.46. The number of nitrogens with one attached hydrogen (secondary N) is 1. The Balaban J connectivity index is 1.83. The molecule has 2 aromatic heterocycles. The van der Waals surface area contributed by atoms with E-state index in [4.69, 9.17) is 0 Å². The van der Waals surface area contributed by atoms with Gasteiger partial charge in [0.2, 0.25) is 0 Å². The number of hydrogen-bond donors (Lipinski definition) is 1. The summed E-state index contributed by atoms with van der Waals surface area (Å²) in [5, 5.41) is 18.7. The largest absolute Gasteiger partial charge is 0.366 e. The molecule has 6 nitrogen and oxygen atoms in total. The number of rotatable bonds is 3. The third kappa shape index (κ3) is 1.62. The van der Waals surface area contributed by atoms with Gasteiger partial charge in [-0.05, 0) is 48.2 Å². The molecule has 0 spiro atoms. The SMILES string of the molecule is CC(Nc1ccc2nnnn2n1)C1CC1. The van der Waals surface area contributed by atoms with Crippen LogP contribution in [0.1, 0.15) is 19.8 Å². The molecule has 0 aromatic carbocycles. The van der Waals surface area contributed by atoms with Crippen LogP contribution in [0.4, 0.5) is 5.82 Å². The van der Waals surface area contributed by atoms with Gasteiger partial charge in [0.1, 0.15) is 5.82 Å². The number of fused-ring (bicyclic) bond motifs is 1. The molecule has 3 rings (SSSR count). The van der Waals surface area contributed by atoms with Crippen molar-refractivity contribution in [3.05, 3.63) is 12.1 Å². The Labute approximate surface area is 86.7 Å². The van der Waals surface area contributed by atoms with E-state index in [1.165, 1.54) is 17.5 Å². The molecular formula is C9H12N6. The van der Waals surface area contributed by atoms with Gasteiger partial charge in [-0.15, -0.1) is 14.8 Å². The molecule has 6 heteroatoms. The lowest BCUT2D eigenvalue weighted by Crippen LogP contribution is -2.18. The summed E-state index contributed by atoms with van der Waals surface area (Å²) in [6, 6.07) is 4.24. The van der Waals surface area contributed by atoms with E-state index in [1.807, 2.05) is 12.1 Å². The van der Waals surface area contributed by atoms with Gasteiger partial charge in [-0.1, -0.05) is 0 Å². The Hall–Kier alpha value is -1.72. The Bertz CT molecular complexity index is 474. The predicted octanol–water partition coefficient (Wildman–Crippen LogP) is 0.730. The lowest BCUT2D eigenvalue weighted by Gasteiger charge is -2.12. The van der Waals surface area contributed by atoms with Crippen molar-refractivity contribution >= 4 is 11.5 Å². The average Bonchev–Trinajstić information content (AvgIpc) is 2.98. The fourth-order valence-electron chi connectivity index (χ4n) is 1.67. The van der Waals surface area contributed by atoms with Crippen molar-refractivity contribution in [3.8, 4) is 0 Å². The highest BCUT2D eigenvalue weighted by molar-refractivity contribution is 5.42. The first-order valence-electron chi connectivity index (χ1n) is 5.15. The van der Waals surface area contributed by atoms with Gasteiger partial charge in [0.25, 0.3) is 0 Å². The molecule has 1 atom stereocenters. The monoisotopic (exact) mass is 204 g/mol. The first-order valence-corrected chi connectivity index (χ1v) is 5.15. The summed E-state index contributed by atoms with van der Waals surface area (Å²) in [5.41, 5.74) is 0.666. The Morgan fingerprint density at radius 3 is 3.13 bits per heavy atom. The van der Waals surface area contributed by atoms with E-state index in [2.05, 4.69) is 32.9 Å². The fourth-order valence-corrected chi connectivity index (χ4v) is 1.67. The van der Waals surface area contributed by atoms with E-state index < -0.39 is 0 Å². The van der Waals surface area contributed by atoms with Crippen molar-refractivity contribution in [1.29, 1.82) is 0 Å². The summed E-state index contributed by atoms with van der Waals surface area (Å²) in [4.78, 5) is 0. The van der Waals surface area contributed by atoms with E-state index in [-0.39, 0.29) is 0 Å². The molecule has 0 bridgehead atoms. The molecule has 0 radical (unpaired) electrons. The molecule has 1 fully saturated rings. The van der Waals surface area contributed by atoms with Crippen LogP contribution in [0, 0.1) is 5.92 Å². The van der Waals surface area contributed by atoms with Crippen LogP contribution in [0.3, 0.4) is 0 Å². The zero-order chi connectivity index (χ0) is 10.3. The second kappa shape index (κ2) is 3.15. The first kappa shape index (κ1) is 8.58. The summed E-state index contributed by atoms with van der Waals surface area (Å²) >= 11 is 0. The number of aromatic nitrogens is 5. The average molecular weight is 204 g/mol. The van der Waals surface area contributed by atoms with Crippen LogP contribution >= 0.6 is 0 Å². The summed E-state index contributed by atoms with van der Waals surface area (Å²) < 4.78 is 1.43. The van der Waals surface area contributed by atoms with Crippen molar-refractivity contribution < 1.29 is 0 Å². The summed E-state index contributed by atoms with van der Waals surface area (Å²) in [6.45, 7) is 2.18. The van der Waals surface area contributed by atoms with Gasteiger partial charge in [0.15, 0.2) is 5.65 Å². The van der Waals surface area contributed by atoms with Crippen LogP contribution in [0.25, 0.3) is 5.65 Å². The van der Waals surface area contributed by atoms with Crippen LogP contribution in [0.5, 0.6) is 0 Å². The van der Waals surface area contributed by atoms with Crippen LogP contribution < -0.4 is 5.32 Å². The molecule has 2 heterocycles. The van der Waals surface area contributed by atoms with E-state index in [1.54, 1.807) is 0 Å². The highest BCUT2D eigenvalue weighted by Gasteiger charge is 2.27. The predicted molar refractivity (Wildman–Crippen MR) is 54.4 cm³/mol. The molecule has 15 heavy (non-hydrogen) atoms. The lowest BCUT2D eigenvalue weighted by molar-refractivity contribution is 0.676. The number of hydrogen-bond acceptors (Lipinski definition) is 5. The van der Waals surface area contributed by atoms with E-state index in [0.29, 0.717) is 11.7 Å². The van der Waals surface area contributed by atoms with Crippen molar-refractivity contribution in [1.82, 2.24) is 25.3 Å². The topological polar surface area (TPSA) is 68.0 Å². The van der Waals surface area contributed by atoms with E-state index >= 15 is 0 Å². The third-order valence-electron chi connectivity index (χ3n) is 2.77. The molecule has 2 aromatic rings. The Morgan fingerprint density at radius 1 is 1.47 bits per heavy atom. The first-order chi connectivity index (χ1) is 7.33. The fraction of sp³-hybridized carbons (Fsp3) is 0.556. The van der Waals surface area contributed by atoms with Crippen LogP contribution in [-0.4, -0.2) is 31.3 Å². The molecule has 0 amide bonds. The summed E-state index contributed by atoms with van der Waals surface area (Å²) in [6.07, 6.45) is 2.64. The van der Waals surface area contributed by atoms with Crippen molar-refractivity contribution in [2.24, 2.45) is 5.92 Å². The highest BCUT2D eigenvalue weighted by Crippen LogP contribution is 2.33. The minimum atomic E-state index is 0.478. The lowest BCUT2D eigenvalue weighted by atomic mass is 10.2. The second-order valence-corrected chi connectivity index (χ2v) is 4.02. The van der Waals surface area contributed by atoms with E-state index in [9.17, 15) is 0 Å². The van der Waals surface area contributed by atoms with Crippen molar-refractivity contribution in [2.75, 3.05) is 5.32 Å². The normalized spacial score (nSPS) is 17.9. The highest BCUT2D eigenvalue weighted by atomic mass is 15.6. The van der Waals surface area contributed by atoms with Gasteiger partial charge < -0.3 is 5.32 Å². The smallest absolute Gasteiger partial charge is 0.200 e. The van der Waals surface area contributed by atoms with Gasteiger partial charge in [0, 0.05) is 6.04 Å². The molecule has 1 unspecified atom stereocenters. The summed E-state index contributed by atoms with van der Waals surface area (Å²) in [7, 11) is 0. The number of nitrogens with zero attached hydrogens (tertiary/aromatic N) is 5. The van der Waals surface area contributed by atoms with Crippen LogP contribution in [-0.2, 0) is 0 Å². The molecule has 1 aliphatic carbocycles. The molecule has 1 N–H and O–H groups in total. The second-order valence-electron chi connectivity index (χ2n) is 4.02. The minimum absolute atomic E-state index is 0.478. The number of anilines is 1. The maximum atomic E-state index is 4.25. The van der Waals surface area contributed by atoms with Gasteiger partial charge in [-0.25, -0.2) is 0 Å². The Kier molecular flexibility index (Phi) is 1.80. The van der Waals surface area contributed by atoms with Crippen molar-refractivity contribution in [2.45, 2.75) is 25.8 Å². The molecule has 1 saturated carbocycles. The van der Waals surface area contributed by atoms with Crippen LogP contribution in [0.2, 0.25) is 0 Å². The minimum Gasteiger partial charge on any atom is -0.366 e. The van der Waals surface area contributed by atoms with Crippen molar-refractivity contribution in [3.63, 3.8) is 0 Å². The van der Waals surface area contributed by atoms with Gasteiger partial charge in [-0.2, -0.15) is 0 Å². The van der Waals surface area contributed by atoms with Crippen LogP contribution in [0.15, 0.2) is 12.1 Å². The quantitative estimate of drug-likeness (QED) is 0.798. The maximum Gasteiger partial charge on any atom is 0.200 e. The molecule has 0 saturated heterocycles. The third-order valence-corrected chi connectivity index (χ3v) is 2.77. The molecular weight excluding hydrogens is 192 g/mol. The van der Waals surface area contributed by atoms with Gasteiger partial charge in [-0.3, -0.25) is 0 Å². The Morgan fingerprint density at radius 2 is 2.33 bits per heavy atom. The maximum absolute atomic E-state index is 4.25. The molecule has 0 aliphatic heterocycles. The molecule has 1 aliphatic rings. The molecule has 78 valence electrons.